The number of benzene rings is 1. The van der Waals surface area contributed by atoms with Gasteiger partial charge in [0, 0.05) is 17.6 Å². The van der Waals surface area contributed by atoms with Crippen molar-refractivity contribution in [2.45, 2.75) is 20.3 Å². The Balaban J connectivity index is 1.69. The summed E-state index contributed by atoms with van der Waals surface area (Å²) < 4.78 is 19.1. The van der Waals surface area contributed by atoms with Crippen LogP contribution in [-0.2, 0) is 11.2 Å². The quantitative estimate of drug-likeness (QED) is 0.717. The van der Waals surface area contributed by atoms with Crippen molar-refractivity contribution in [3.8, 4) is 0 Å². The lowest BCUT2D eigenvalue weighted by Gasteiger charge is -2.10. The molecule has 0 bridgehead atoms. The Morgan fingerprint density at radius 2 is 1.93 bits per heavy atom. The van der Waals surface area contributed by atoms with E-state index in [1.54, 1.807) is 13.1 Å². The van der Waals surface area contributed by atoms with Crippen molar-refractivity contribution in [2.75, 3.05) is 10.6 Å². The molecule has 0 radical (unpaired) electrons. The number of amides is 2. The number of hydrogen-bond acceptors (Lipinski definition) is 4. The number of halogens is 1. The van der Waals surface area contributed by atoms with E-state index in [-0.39, 0.29) is 18.0 Å². The number of nitrogens with one attached hydrogen (secondary N) is 2. The van der Waals surface area contributed by atoms with E-state index in [9.17, 15) is 14.0 Å². The molecule has 3 aromatic rings. The zero-order valence-electron chi connectivity index (χ0n) is 14.9. The maximum Gasteiger partial charge on any atom is 0.259 e. The fourth-order valence-corrected chi connectivity index (χ4v) is 2.50. The van der Waals surface area contributed by atoms with Crippen molar-refractivity contribution in [1.29, 1.82) is 0 Å². The van der Waals surface area contributed by atoms with Gasteiger partial charge in [-0.05, 0) is 49.7 Å². The molecule has 0 saturated heterocycles. The standard InChI is InChI=1S/C20H18FN3O3/c1-12-3-4-14(11-22-12)9-19(25)23-15-5-6-17(21)18(10-15)24-20(26)16-7-8-27-13(16)2/h3-8,10-11H,9H2,1-2H3,(H,23,25)(H,24,26). The van der Waals surface area contributed by atoms with Gasteiger partial charge >= 0.3 is 0 Å². The molecule has 2 N–H and O–H groups in total. The van der Waals surface area contributed by atoms with Gasteiger partial charge in [-0.15, -0.1) is 0 Å². The summed E-state index contributed by atoms with van der Waals surface area (Å²) in [6.07, 6.45) is 3.16. The minimum Gasteiger partial charge on any atom is -0.469 e. The number of pyridine rings is 1. The zero-order chi connectivity index (χ0) is 19.4. The van der Waals surface area contributed by atoms with Crippen LogP contribution in [-0.4, -0.2) is 16.8 Å². The number of carbonyl (C=O) groups is 2. The summed E-state index contributed by atoms with van der Waals surface area (Å²) in [6, 6.07) is 9.13. The molecule has 0 saturated carbocycles. The molecule has 0 atom stereocenters. The second-order valence-corrected chi connectivity index (χ2v) is 6.07. The molecule has 1 aromatic carbocycles. The molecule has 0 spiro atoms. The molecule has 0 aliphatic rings. The molecule has 7 heteroatoms. The number of nitrogens with zero attached hydrogens (tertiary/aromatic N) is 1. The molecule has 2 heterocycles. The molecule has 2 aromatic heterocycles. The van der Waals surface area contributed by atoms with Crippen LogP contribution in [0.15, 0.2) is 53.3 Å². The molecule has 0 unspecified atom stereocenters. The lowest BCUT2D eigenvalue weighted by molar-refractivity contribution is -0.115. The largest absolute Gasteiger partial charge is 0.469 e. The molecule has 6 nitrogen and oxygen atoms in total. The smallest absolute Gasteiger partial charge is 0.259 e. The van der Waals surface area contributed by atoms with Crippen molar-refractivity contribution in [3.05, 3.63) is 77.3 Å². The van der Waals surface area contributed by atoms with Crippen LogP contribution in [0, 0.1) is 19.7 Å². The highest BCUT2D eigenvalue weighted by Gasteiger charge is 2.14. The number of aromatic nitrogens is 1. The van der Waals surface area contributed by atoms with Crippen LogP contribution < -0.4 is 10.6 Å². The van der Waals surface area contributed by atoms with Gasteiger partial charge in [0.05, 0.1) is 23.9 Å². The van der Waals surface area contributed by atoms with Crippen molar-refractivity contribution in [2.24, 2.45) is 0 Å². The summed E-state index contributed by atoms with van der Waals surface area (Å²) in [7, 11) is 0. The number of furan rings is 1. The maximum absolute atomic E-state index is 14.0. The van der Waals surface area contributed by atoms with E-state index in [0.717, 1.165) is 11.3 Å². The summed E-state index contributed by atoms with van der Waals surface area (Å²) in [4.78, 5) is 28.5. The molecule has 0 aliphatic carbocycles. The lowest BCUT2D eigenvalue weighted by atomic mass is 10.2. The van der Waals surface area contributed by atoms with Gasteiger partial charge in [0.25, 0.3) is 5.91 Å². The SMILES string of the molecule is Cc1ccc(CC(=O)Nc2ccc(F)c(NC(=O)c3ccoc3C)c2)cn1. The van der Waals surface area contributed by atoms with E-state index in [0.29, 0.717) is 17.0 Å². The van der Waals surface area contributed by atoms with E-state index < -0.39 is 11.7 Å². The number of aryl methyl sites for hydroxylation is 2. The average molecular weight is 367 g/mol. The first-order chi connectivity index (χ1) is 12.9. The van der Waals surface area contributed by atoms with Crippen molar-refractivity contribution in [1.82, 2.24) is 4.98 Å². The van der Waals surface area contributed by atoms with Gasteiger partial charge < -0.3 is 15.1 Å². The average Bonchev–Trinajstić information content (AvgIpc) is 3.06. The molecule has 27 heavy (non-hydrogen) atoms. The Kier molecular flexibility index (Phi) is 5.30. The number of carbonyl (C=O) groups excluding carboxylic acids is 2. The van der Waals surface area contributed by atoms with E-state index in [4.69, 9.17) is 4.42 Å². The van der Waals surface area contributed by atoms with Gasteiger partial charge in [-0.1, -0.05) is 6.07 Å². The Hall–Kier alpha value is -3.48. The minimum atomic E-state index is -0.606. The summed E-state index contributed by atoms with van der Waals surface area (Å²) >= 11 is 0. The molecule has 0 aliphatic heterocycles. The molecular formula is C20H18FN3O3. The predicted octanol–water partition coefficient (Wildman–Crippen LogP) is 3.86. The molecule has 0 fully saturated rings. The highest BCUT2D eigenvalue weighted by atomic mass is 19.1. The highest BCUT2D eigenvalue weighted by Crippen LogP contribution is 2.21. The normalized spacial score (nSPS) is 10.5. The van der Waals surface area contributed by atoms with E-state index in [1.807, 2.05) is 19.1 Å². The third kappa shape index (κ3) is 4.58. The van der Waals surface area contributed by atoms with Gasteiger partial charge in [0.15, 0.2) is 0 Å². The molecule has 2 amide bonds. The van der Waals surface area contributed by atoms with Gasteiger partial charge in [0.1, 0.15) is 11.6 Å². The summed E-state index contributed by atoms with van der Waals surface area (Å²) in [5.41, 5.74) is 2.29. The Morgan fingerprint density at radius 1 is 1.11 bits per heavy atom. The third-order valence-corrected chi connectivity index (χ3v) is 3.94. The monoisotopic (exact) mass is 367 g/mol. The maximum atomic E-state index is 14.0. The van der Waals surface area contributed by atoms with Gasteiger partial charge in [-0.2, -0.15) is 0 Å². The van der Waals surface area contributed by atoms with Crippen LogP contribution in [0.1, 0.15) is 27.4 Å². The van der Waals surface area contributed by atoms with Crippen molar-refractivity contribution >= 4 is 23.2 Å². The predicted molar refractivity (Wildman–Crippen MR) is 99.1 cm³/mol. The second kappa shape index (κ2) is 7.82. The summed E-state index contributed by atoms with van der Waals surface area (Å²) in [6.45, 7) is 3.51. The summed E-state index contributed by atoms with van der Waals surface area (Å²) in [5.74, 6) is -0.932. The summed E-state index contributed by atoms with van der Waals surface area (Å²) in [5, 5.41) is 5.18. The zero-order valence-corrected chi connectivity index (χ0v) is 14.9. The number of anilines is 2. The topological polar surface area (TPSA) is 84.2 Å². The molecular weight excluding hydrogens is 349 g/mol. The van der Waals surface area contributed by atoms with Crippen LogP contribution in [0.25, 0.3) is 0 Å². The first-order valence-corrected chi connectivity index (χ1v) is 8.29. The van der Waals surface area contributed by atoms with E-state index in [1.165, 1.54) is 30.5 Å². The van der Waals surface area contributed by atoms with Crippen LogP contribution in [0.4, 0.5) is 15.8 Å². The lowest BCUT2D eigenvalue weighted by Crippen LogP contribution is -2.16. The second-order valence-electron chi connectivity index (χ2n) is 6.07. The van der Waals surface area contributed by atoms with Gasteiger partial charge in [0.2, 0.25) is 5.91 Å². The van der Waals surface area contributed by atoms with Crippen LogP contribution in [0.5, 0.6) is 0 Å². The fraction of sp³-hybridized carbons (Fsp3) is 0.150. The highest BCUT2D eigenvalue weighted by molar-refractivity contribution is 6.05. The van der Waals surface area contributed by atoms with Gasteiger partial charge in [-0.25, -0.2) is 4.39 Å². The number of rotatable bonds is 5. The van der Waals surface area contributed by atoms with Crippen LogP contribution >= 0.6 is 0 Å². The van der Waals surface area contributed by atoms with Crippen LogP contribution in [0.2, 0.25) is 0 Å². The molecule has 3 rings (SSSR count). The van der Waals surface area contributed by atoms with Gasteiger partial charge in [-0.3, -0.25) is 14.6 Å². The van der Waals surface area contributed by atoms with Crippen molar-refractivity contribution < 1.29 is 18.4 Å². The third-order valence-electron chi connectivity index (χ3n) is 3.94. The Morgan fingerprint density at radius 3 is 2.59 bits per heavy atom. The minimum absolute atomic E-state index is 0.0320. The van der Waals surface area contributed by atoms with Crippen LogP contribution in [0.3, 0.4) is 0 Å². The van der Waals surface area contributed by atoms with Crippen molar-refractivity contribution in [3.63, 3.8) is 0 Å². The Bertz CT molecular complexity index is 980. The van der Waals surface area contributed by atoms with E-state index >= 15 is 0 Å². The fourth-order valence-electron chi connectivity index (χ4n) is 2.50. The Labute approximate surface area is 155 Å². The first kappa shape index (κ1) is 18.3. The molecule has 138 valence electrons. The van der Waals surface area contributed by atoms with E-state index in [2.05, 4.69) is 15.6 Å². The number of hydrogen-bond donors (Lipinski definition) is 2. The first-order valence-electron chi connectivity index (χ1n) is 8.29.